The molecule has 0 spiro atoms. The third-order valence-electron chi connectivity index (χ3n) is 5.85. The predicted octanol–water partition coefficient (Wildman–Crippen LogP) is 5.08. The van der Waals surface area contributed by atoms with Crippen molar-refractivity contribution < 1.29 is 13.9 Å². The molecule has 1 amide bonds. The zero-order chi connectivity index (χ0) is 23.8. The number of hydrogen-bond donors (Lipinski definition) is 1. The van der Waals surface area contributed by atoms with Crippen LogP contribution in [0.3, 0.4) is 0 Å². The summed E-state index contributed by atoms with van der Waals surface area (Å²) in [6.07, 6.45) is 2.05. The van der Waals surface area contributed by atoms with E-state index in [4.69, 9.17) is 4.74 Å². The van der Waals surface area contributed by atoms with E-state index in [1.165, 1.54) is 0 Å². The van der Waals surface area contributed by atoms with E-state index in [-0.39, 0.29) is 18.5 Å². The molecule has 2 aromatic carbocycles. The van der Waals surface area contributed by atoms with Gasteiger partial charge >= 0.3 is 0 Å². The topological polar surface area (TPSA) is 71.0 Å². The first-order chi connectivity index (χ1) is 15.7. The molecule has 1 aliphatic heterocycles. The first kappa shape index (κ1) is 24.8. The van der Waals surface area contributed by atoms with Crippen molar-refractivity contribution in [3.8, 4) is 16.9 Å². The monoisotopic (exact) mass is 455 g/mol. The number of alkyl halides is 1. The molecule has 6 nitrogen and oxygen atoms in total. The summed E-state index contributed by atoms with van der Waals surface area (Å²) in [4.78, 5) is 24.7. The fraction of sp³-hybridized carbons (Fsp3) is 0.500. The summed E-state index contributed by atoms with van der Waals surface area (Å²) in [6, 6.07) is 15.0. The number of carbonyl (C=O) groups excluding carboxylic acids is 1. The minimum Gasteiger partial charge on any atom is -0.493 e. The van der Waals surface area contributed by atoms with Crippen molar-refractivity contribution in [2.75, 3.05) is 32.8 Å². The lowest BCUT2D eigenvalue weighted by Crippen LogP contribution is -2.41. The Morgan fingerprint density at radius 1 is 1.12 bits per heavy atom. The Balaban J connectivity index is 1.47. The Kier molecular flexibility index (Phi) is 8.55. The lowest BCUT2D eigenvalue weighted by atomic mass is 9.97. The minimum absolute atomic E-state index is 0.0505. The van der Waals surface area contributed by atoms with Gasteiger partial charge in [-0.05, 0) is 88.0 Å². The van der Waals surface area contributed by atoms with Crippen molar-refractivity contribution in [1.82, 2.24) is 10.2 Å². The first-order valence-electron chi connectivity index (χ1n) is 11.6. The molecule has 0 saturated carbocycles. The maximum atomic E-state index is 13.8. The zero-order valence-electron chi connectivity index (χ0n) is 19.7. The van der Waals surface area contributed by atoms with Gasteiger partial charge in [-0.2, -0.15) is 4.91 Å². The fourth-order valence-electron chi connectivity index (χ4n) is 4.08. The van der Waals surface area contributed by atoms with Gasteiger partial charge in [-0.25, -0.2) is 4.39 Å². The van der Waals surface area contributed by atoms with Gasteiger partial charge in [0.15, 0.2) is 0 Å². The SMILES string of the molecule is CC(CN=O)NC(=O)c1ccc(-c2ccc(OCC3CCN(CC(C)(C)F)CC3)cc2)cc1. The summed E-state index contributed by atoms with van der Waals surface area (Å²) in [7, 11) is 0. The average Bonchev–Trinajstić information content (AvgIpc) is 2.78. The van der Waals surface area contributed by atoms with Gasteiger partial charge in [-0.15, -0.1) is 0 Å². The number of hydrogen-bond acceptors (Lipinski definition) is 5. The number of rotatable bonds is 10. The zero-order valence-corrected chi connectivity index (χ0v) is 19.7. The number of nitrogens with one attached hydrogen (secondary N) is 1. The standard InChI is InChI=1S/C26H34FN3O3/c1-19(16-28-32)29-25(31)23-6-4-21(5-7-23)22-8-10-24(11-9-22)33-17-20-12-14-30(15-13-20)18-26(2,3)27/h4-11,19-20H,12-18H2,1-3H3,(H,29,31). The van der Waals surface area contributed by atoms with Crippen molar-refractivity contribution in [2.45, 2.75) is 45.3 Å². The molecule has 0 bridgehead atoms. The Hall–Kier alpha value is -2.80. The number of likely N-dealkylation sites (tertiary alicyclic amines) is 1. The molecule has 1 heterocycles. The van der Waals surface area contributed by atoms with Crippen molar-refractivity contribution in [1.29, 1.82) is 0 Å². The Labute approximate surface area is 195 Å². The third kappa shape index (κ3) is 7.93. The molecule has 7 heteroatoms. The van der Waals surface area contributed by atoms with E-state index < -0.39 is 5.67 Å². The molecule has 0 aliphatic carbocycles. The second-order valence-electron chi connectivity index (χ2n) is 9.54. The number of nitroso groups, excluding NO2 is 1. The van der Waals surface area contributed by atoms with Gasteiger partial charge < -0.3 is 15.0 Å². The second-order valence-corrected chi connectivity index (χ2v) is 9.54. The van der Waals surface area contributed by atoms with Gasteiger partial charge in [0, 0.05) is 18.2 Å². The van der Waals surface area contributed by atoms with Crippen LogP contribution in [-0.4, -0.2) is 55.3 Å². The first-order valence-corrected chi connectivity index (χ1v) is 11.6. The summed E-state index contributed by atoms with van der Waals surface area (Å²) in [5.74, 6) is 1.10. The number of piperidine rings is 1. The van der Waals surface area contributed by atoms with Crippen LogP contribution in [0, 0.1) is 10.8 Å². The minimum atomic E-state index is -1.15. The molecule has 0 radical (unpaired) electrons. The highest BCUT2D eigenvalue weighted by Gasteiger charge is 2.25. The number of benzene rings is 2. The van der Waals surface area contributed by atoms with Crippen LogP contribution in [-0.2, 0) is 0 Å². The van der Waals surface area contributed by atoms with Crippen molar-refractivity contribution >= 4 is 5.91 Å². The van der Waals surface area contributed by atoms with E-state index in [9.17, 15) is 14.1 Å². The summed E-state index contributed by atoms with van der Waals surface area (Å²) in [6.45, 7) is 8.06. The van der Waals surface area contributed by atoms with E-state index >= 15 is 0 Å². The lowest BCUT2D eigenvalue weighted by Gasteiger charge is -2.34. The van der Waals surface area contributed by atoms with Crippen LogP contribution in [0.4, 0.5) is 4.39 Å². The van der Waals surface area contributed by atoms with E-state index in [1.54, 1.807) is 32.9 Å². The van der Waals surface area contributed by atoms with Gasteiger partial charge in [0.25, 0.3) is 5.91 Å². The molecular formula is C26H34FN3O3. The van der Waals surface area contributed by atoms with Crippen LogP contribution in [0.5, 0.6) is 5.75 Å². The van der Waals surface area contributed by atoms with Crippen molar-refractivity contribution in [3.63, 3.8) is 0 Å². The highest BCUT2D eigenvalue weighted by Crippen LogP contribution is 2.25. The summed E-state index contributed by atoms with van der Waals surface area (Å²) in [5, 5.41) is 5.56. The van der Waals surface area contributed by atoms with Crippen LogP contribution >= 0.6 is 0 Å². The molecule has 2 aromatic rings. The molecule has 1 unspecified atom stereocenters. The van der Waals surface area contributed by atoms with Gasteiger partial charge in [0.1, 0.15) is 18.0 Å². The van der Waals surface area contributed by atoms with Crippen LogP contribution in [0.15, 0.2) is 53.7 Å². The Morgan fingerprint density at radius 2 is 1.70 bits per heavy atom. The van der Waals surface area contributed by atoms with E-state index in [0.29, 0.717) is 24.6 Å². The van der Waals surface area contributed by atoms with Crippen LogP contribution in [0.2, 0.25) is 0 Å². The molecule has 1 aliphatic rings. The van der Waals surface area contributed by atoms with Gasteiger partial charge in [-0.1, -0.05) is 29.4 Å². The summed E-state index contributed by atoms with van der Waals surface area (Å²) in [5.41, 5.74) is 1.43. The largest absolute Gasteiger partial charge is 0.493 e. The van der Waals surface area contributed by atoms with Gasteiger partial charge in [-0.3, -0.25) is 4.79 Å². The molecule has 1 saturated heterocycles. The maximum absolute atomic E-state index is 13.8. The molecular weight excluding hydrogens is 421 g/mol. The predicted molar refractivity (Wildman–Crippen MR) is 129 cm³/mol. The number of ether oxygens (including phenoxy) is 1. The number of amides is 1. The number of nitrogens with zero attached hydrogens (tertiary/aromatic N) is 2. The Bertz CT molecular complexity index is 902. The normalized spacial score (nSPS) is 16.2. The maximum Gasteiger partial charge on any atom is 0.251 e. The highest BCUT2D eigenvalue weighted by atomic mass is 19.1. The highest BCUT2D eigenvalue weighted by molar-refractivity contribution is 5.94. The van der Waals surface area contributed by atoms with Crippen LogP contribution in [0.25, 0.3) is 11.1 Å². The molecule has 178 valence electrons. The molecule has 0 aromatic heterocycles. The molecule has 33 heavy (non-hydrogen) atoms. The summed E-state index contributed by atoms with van der Waals surface area (Å²) < 4.78 is 19.8. The van der Waals surface area contributed by atoms with Crippen molar-refractivity contribution in [2.24, 2.45) is 11.1 Å². The van der Waals surface area contributed by atoms with E-state index in [1.807, 2.05) is 36.4 Å². The average molecular weight is 456 g/mol. The number of halogens is 1. The quantitative estimate of drug-likeness (QED) is 0.508. The smallest absolute Gasteiger partial charge is 0.251 e. The molecule has 1 fully saturated rings. The molecule has 3 rings (SSSR count). The fourth-order valence-corrected chi connectivity index (χ4v) is 4.08. The van der Waals surface area contributed by atoms with E-state index in [0.717, 1.165) is 42.8 Å². The number of carbonyl (C=O) groups is 1. The Morgan fingerprint density at radius 3 is 2.24 bits per heavy atom. The van der Waals surface area contributed by atoms with E-state index in [2.05, 4.69) is 15.4 Å². The van der Waals surface area contributed by atoms with Gasteiger partial charge in [0.2, 0.25) is 0 Å². The lowest BCUT2D eigenvalue weighted by molar-refractivity contribution is 0.0836. The second kappa shape index (κ2) is 11.4. The van der Waals surface area contributed by atoms with Gasteiger partial charge in [0.05, 0.1) is 6.61 Å². The third-order valence-corrected chi connectivity index (χ3v) is 5.85. The summed E-state index contributed by atoms with van der Waals surface area (Å²) >= 11 is 0. The van der Waals surface area contributed by atoms with Crippen LogP contribution < -0.4 is 10.1 Å². The van der Waals surface area contributed by atoms with Crippen molar-refractivity contribution in [3.05, 3.63) is 59.0 Å². The van der Waals surface area contributed by atoms with Crippen LogP contribution in [0.1, 0.15) is 44.0 Å². The molecule has 1 atom stereocenters. The molecule has 1 N–H and O–H groups in total.